The minimum absolute atomic E-state index is 0.289. The average molecular weight is 462 g/mol. The monoisotopic (exact) mass is 461 g/mol. The van der Waals surface area contributed by atoms with Crippen molar-refractivity contribution in [1.29, 1.82) is 0 Å². The zero-order valence-corrected chi connectivity index (χ0v) is 19.4. The van der Waals surface area contributed by atoms with E-state index < -0.39 is 11.7 Å². The number of pyridine rings is 1. The number of nitrogens with zero attached hydrogens (tertiary/aromatic N) is 3. The van der Waals surface area contributed by atoms with Gasteiger partial charge < -0.3 is 20.1 Å². The molecule has 8 heteroatoms. The van der Waals surface area contributed by atoms with Crippen LogP contribution in [0.3, 0.4) is 0 Å². The minimum atomic E-state index is -1.23. The maximum absolute atomic E-state index is 15.8. The summed E-state index contributed by atoms with van der Waals surface area (Å²) in [6.45, 7) is 4.07. The highest BCUT2D eigenvalue weighted by atomic mass is 19.1. The van der Waals surface area contributed by atoms with Gasteiger partial charge in [0, 0.05) is 34.8 Å². The maximum atomic E-state index is 15.8. The highest BCUT2D eigenvalue weighted by Gasteiger charge is 2.33. The van der Waals surface area contributed by atoms with Gasteiger partial charge in [-0.1, -0.05) is 36.6 Å². The van der Waals surface area contributed by atoms with Crippen molar-refractivity contribution < 1.29 is 13.7 Å². The van der Waals surface area contributed by atoms with Crippen LogP contribution in [0, 0.1) is 13.8 Å². The lowest BCUT2D eigenvalue weighted by molar-refractivity contribution is 0.0873. The summed E-state index contributed by atoms with van der Waals surface area (Å²) in [5, 5.41) is 6.64. The Balaban J connectivity index is 1.62. The van der Waals surface area contributed by atoms with Crippen molar-refractivity contribution >= 4 is 22.8 Å². The van der Waals surface area contributed by atoms with E-state index >= 15 is 4.39 Å². The van der Waals surface area contributed by atoms with Crippen molar-refractivity contribution in [2.75, 3.05) is 5.32 Å². The van der Waals surface area contributed by atoms with E-state index in [2.05, 4.69) is 10.5 Å². The number of primary amides is 1. The van der Waals surface area contributed by atoms with E-state index in [0.29, 0.717) is 18.5 Å². The molecule has 3 aromatic heterocycles. The van der Waals surface area contributed by atoms with E-state index in [9.17, 15) is 4.79 Å². The molecule has 2 amide bonds. The number of halogens is 1. The van der Waals surface area contributed by atoms with Gasteiger partial charge in [-0.3, -0.25) is 4.98 Å². The quantitative estimate of drug-likeness (QED) is 0.373. The molecule has 176 valence electrons. The molecule has 0 bridgehead atoms. The number of alkyl halides is 1. The molecule has 0 spiro atoms. The van der Waals surface area contributed by atoms with Crippen molar-refractivity contribution in [3.63, 3.8) is 0 Å². The lowest BCUT2D eigenvalue weighted by Crippen LogP contribution is -2.31. The van der Waals surface area contributed by atoms with E-state index in [1.54, 1.807) is 12.1 Å². The Kier molecular flexibility index (Phi) is 5.59. The standard InChI is InChI=1S/C26H28FN5O2/c1-16-23(17(2)34-31-16)19-12-22-24(29-13-19)21(18-6-8-20(9-7-18)30-25(28)33)14-32(22)15-26(27)10-4-3-5-11-26/h6-9,12-14H,3-5,10-11,15H2,1-2H3,(H3,28,30,33). The van der Waals surface area contributed by atoms with Gasteiger partial charge in [-0.2, -0.15) is 0 Å². The predicted molar refractivity (Wildman–Crippen MR) is 130 cm³/mol. The molecule has 34 heavy (non-hydrogen) atoms. The van der Waals surface area contributed by atoms with Crippen molar-refractivity contribution in [1.82, 2.24) is 14.7 Å². The number of nitrogens with two attached hydrogens (primary N) is 1. The molecule has 0 radical (unpaired) electrons. The molecule has 0 unspecified atom stereocenters. The normalized spacial score (nSPS) is 15.5. The van der Waals surface area contributed by atoms with Gasteiger partial charge in [-0.25, -0.2) is 9.18 Å². The largest absolute Gasteiger partial charge is 0.361 e. The van der Waals surface area contributed by atoms with Crippen molar-refractivity contribution in [3.05, 3.63) is 54.2 Å². The van der Waals surface area contributed by atoms with Gasteiger partial charge >= 0.3 is 6.03 Å². The molecule has 1 aliphatic carbocycles. The van der Waals surface area contributed by atoms with Crippen LogP contribution in [-0.2, 0) is 6.54 Å². The van der Waals surface area contributed by atoms with Gasteiger partial charge in [0.05, 0.1) is 23.3 Å². The first-order chi connectivity index (χ1) is 16.3. The minimum Gasteiger partial charge on any atom is -0.361 e. The topological polar surface area (TPSA) is 99.0 Å². The van der Waals surface area contributed by atoms with E-state index in [4.69, 9.17) is 15.2 Å². The number of nitrogens with one attached hydrogen (secondary N) is 1. The van der Waals surface area contributed by atoms with E-state index in [-0.39, 0.29) is 6.54 Å². The number of carbonyl (C=O) groups is 1. The second-order valence-electron chi connectivity index (χ2n) is 9.24. The van der Waals surface area contributed by atoms with Gasteiger partial charge in [-0.05, 0) is 50.5 Å². The number of benzene rings is 1. The predicted octanol–water partition coefficient (Wildman–Crippen LogP) is 6.14. The van der Waals surface area contributed by atoms with Crippen LogP contribution in [0.25, 0.3) is 33.3 Å². The molecule has 4 aromatic rings. The molecular formula is C26H28FN5O2. The fourth-order valence-corrected chi connectivity index (χ4v) is 5.06. The van der Waals surface area contributed by atoms with Crippen molar-refractivity contribution in [2.24, 2.45) is 5.73 Å². The molecule has 1 aliphatic rings. The van der Waals surface area contributed by atoms with E-state index in [1.165, 1.54) is 0 Å². The summed E-state index contributed by atoms with van der Waals surface area (Å²) < 4.78 is 23.1. The highest BCUT2D eigenvalue weighted by molar-refractivity contribution is 5.95. The third-order valence-corrected chi connectivity index (χ3v) is 6.71. The van der Waals surface area contributed by atoms with E-state index in [1.807, 2.05) is 49.0 Å². The lowest BCUT2D eigenvalue weighted by Gasteiger charge is -2.30. The fraction of sp³-hybridized carbons (Fsp3) is 0.346. The van der Waals surface area contributed by atoms with Gasteiger partial charge in [0.25, 0.3) is 0 Å². The number of hydrogen-bond donors (Lipinski definition) is 2. The second-order valence-corrected chi connectivity index (χ2v) is 9.24. The average Bonchev–Trinajstić information content (AvgIpc) is 3.33. The van der Waals surface area contributed by atoms with Crippen LogP contribution in [0.4, 0.5) is 14.9 Å². The number of hydrogen-bond acceptors (Lipinski definition) is 4. The van der Waals surface area contributed by atoms with E-state index in [0.717, 1.165) is 64.0 Å². The van der Waals surface area contributed by atoms with Crippen LogP contribution in [0.1, 0.15) is 43.6 Å². The number of aryl methyl sites for hydroxylation is 2. The first-order valence-electron chi connectivity index (χ1n) is 11.6. The first kappa shape index (κ1) is 22.1. The van der Waals surface area contributed by atoms with Crippen molar-refractivity contribution in [2.45, 2.75) is 58.2 Å². The smallest absolute Gasteiger partial charge is 0.316 e. The number of carbonyl (C=O) groups excluding carboxylic acids is 1. The van der Waals surface area contributed by atoms with Crippen molar-refractivity contribution in [3.8, 4) is 22.3 Å². The maximum Gasteiger partial charge on any atom is 0.316 e. The molecule has 3 heterocycles. The molecule has 1 fully saturated rings. The Morgan fingerprint density at radius 3 is 2.56 bits per heavy atom. The van der Waals surface area contributed by atoms with Gasteiger partial charge in [0.15, 0.2) is 0 Å². The second kappa shape index (κ2) is 8.59. The van der Waals surface area contributed by atoms with Crippen LogP contribution < -0.4 is 11.1 Å². The number of anilines is 1. The Labute approximate surface area is 197 Å². The molecule has 1 saturated carbocycles. The molecule has 0 aliphatic heterocycles. The molecule has 3 N–H and O–H groups in total. The summed E-state index contributed by atoms with van der Waals surface area (Å²) in [6, 6.07) is 8.82. The molecule has 1 aromatic carbocycles. The Morgan fingerprint density at radius 2 is 1.91 bits per heavy atom. The SMILES string of the molecule is Cc1noc(C)c1-c1cnc2c(-c3ccc(NC(N)=O)cc3)cn(CC3(F)CCCCC3)c2c1. The highest BCUT2D eigenvalue weighted by Crippen LogP contribution is 2.38. The Bertz CT molecular complexity index is 1330. The zero-order chi connectivity index (χ0) is 23.9. The van der Waals surface area contributed by atoms with Crippen LogP contribution in [0.5, 0.6) is 0 Å². The summed E-state index contributed by atoms with van der Waals surface area (Å²) >= 11 is 0. The number of amides is 2. The molecule has 0 saturated heterocycles. The molecule has 5 rings (SSSR count). The summed E-state index contributed by atoms with van der Waals surface area (Å²) in [7, 11) is 0. The third-order valence-electron chi connectivity index (χ3n) is 6.71. The lowest BCUT2D eigenvalue weighted by atomic mass is 9.86. The third kappa shape index (κ3) is 4.16. The van der Waals surface area contributed by atoms with Gasteiger partial charge in [0.1, 0.15) is 11.4 Å². The summed E-state index contributed by atoms with van der Waals surface area (Å²) in [5.74, 6) is 0.726. The van der Waals surface area contributed by atoms with Crippen LogP contribution >= 0.6 is 0 Å². The fourth-order valence-electron chi connectivity index (χ4n) is 5.06. The van der Waals surface area contributed by atoms with Crippen LogP contribution in [0.15, 0.2) is 47.2 Å². The zero-order valence-electron chi connectivity index (χ0n) is 19.4. The molecule has 0 atom stereocenters. The van der Waals surface area contributed by atoms with Gasteiger partial charge in [-0.15, -0.1) is 0 Å². The molecular weight excluding hydrogens is 433 g/mol. The summed E-state index contributed by atoms with van der Waals surface area (Å²) in [6.07, 6.45) is 7.88. The summed E-state index contributed by atoms with van der Waals surface area (Å²) in [4.78, 5) is 15.9. The number of rotatable bonds is 5. The first-order valence-corrected chi connectivity index (χ1v) is 11.6. The van der Waals surface area contributed by atoms with Crippen LogP contribution in [0.2, 0.25) is 0 Å². The number of aromatic nitrogens is 3. The number of urea groups is 1. The Morgan fingerprint density at radius 1 is 1.18 bits per heavy atom. The van der Waals surface area contributed by atoms with Gasteiger partial charge in [0.2, 0.25) is 0 Å². The van der Waals surface area contributed by atoms with Crippen LogP contribution in [-0.4, -0.2) is 26.4 Å². The molecule has 7 nitrogen and oxygen atoms in total. The Hall–Kier alpha value is -3.68. The summed E-state index contributed by atoms with van der Waals surface area (Å²) in [5.41, 5.74) is 10.7. The number of fused-ring (bicyclic) bond motifs is 1.